The Kier molecular flexibility index (Phi) is 20.2. The average molecular weight is 337 g/mol. The quantitative estimate of drug-likeness (QED) is 0.251. The number of rotatable bonds is 14. The van der Waals surface area contributed by atoms with Gasteiger partial charge in [0.15, 0.2) is 0 Å². The third kappa shape index (κ3) is 27.9. The van der Waals surface area contributed by atoms with Crippen LogP contribution in [0.5, 0.6) is 0 Å². The van der Waals surface area contributed by atoms with Crippen molar-refractivity contribution in [3.63, 3.8) is 0 Å². The Labute approximate surface area is 138 Å². The van der Waals surface area contributed by atoms with Crippen LogP contribution in [0.4, 0.5) is 0 Å². The highest BCUT2D eigenvalue weighted by Crippen LogP contribution is 2.11. The molecule has 0 heterocycles. The first-order valence-corrected chi connectivity index (χ1v) is 10.1. The molecule has 0 spiro atoms. The normalized spacial score (nSPS) is 10.9. The summed E-state index contributed by atoms with van der Waals surface area (Å²) in [7, 11) is -4.26. The third-order valence-electron chi connectivity index (χ3n) is 3.29. The zero-order valence-electron chi connectivity index (χ0n) is 14.6. The van der Waals surface area contributed by atoms with E-state index in [0.29, 0.717) is 0 Å². The molecule has 0 aliphatic heterocycles. The molecule has 0 saturated heterocycles. The maximum Gasteiger partial charge on any atom is 0.397 e. The summed E-state index contributed by atoms with van der Waals surface area (Å²) < 4.78 is 31.0. The van der Waals surface area contributed by atoms with Gasteiger partial charge in [0.1, 0.15) is 0 Å². The van der Waals surface area contributed by atoms with Gasteiger partial charge in [0.25, 0.3) is 0 Å². The number of unbranched alkanes of at least 4 members (excludes halogenated alkanes) is 11. The Morgan fingerprint density at radius 2 is 1.14 bits per heavy atom. The molecule has 134 valence electrons. The highest BCUT2D eigenvalue weighted by atomic mass is 32.3. The fourth-order valence-corrected chi connectivity index (χ4v) is 2.32. The number of hydrogen-bond acceptors (Lipinski definition) is 3. The van der Waals surface area contributed by atoms with Gasteiger partial charge in [-0.3, -0.25) is 4.55 Å². The van der Waals surface area contributed by atoms with Crippen LogP contribution >= 0.6 is 0 Å². The SMILES string of the molecule is C=CCOS(=O)(=O)O.CCCCCCCCCCCCCC. The molecule has 0 unspecified atom stereocenters. The molecule has 5 heteroatoms. The van der Waals surface area contributed by atoms with Gasteiger partial charge >= 0.3 is 10.4 Å². The summed E-state index contributed by atoms with van der Waals surface area (Å²) in [6, 6.07) is 0. The van der Waals surface area contributed by atoms with Gasteiger partial charge < -0.3 is 0 Å². The van der Waals surface area contributed by atoms with E-state index < -0.39 is 10.4 Å². The number of hydrogen-bond donors (Lipinski definition) is 1. The van der Waals surface area contributed by atoms with Gasteiger partial charge in [0.05, 0.1) is 6.61 Å². The minimum Gasteiger partial charge on any atom is -0.264 e. The molecule has 0 aromatic carbocycles. The van der Waals surface area contributed by atoms with Crippen molar-refractivity contribution in [1.29, 1.82) is 0 Å². The molecule has 0 aliphatic rings. The van der Waals surface area contributed by atoms with E-state index in [9.17, 15) is 8.42 Å². The second kappa shape index (κ2) is 18.7. The van der Waals surface area contributed by atoms with Crippen molar-refractivity contribution in [3.05, 3.63) is 12.7 Å². The highest BCUT2D eigenvalue weighted by molar-refractivity contribution is 7.80. The van der Waals surface area contributed by atoms with Crippen molar-refractivity contribution in [2.24, 2.45) is 0 Å². The summed E-state index contributed by atoms with van der Waals surface area (Å²) in [5.41, 5.74) is 0. The standard InChI is InChI=1S/C14H30.C3H6O4S/c1-3-5-7-9-11-13-14-12-10-8-6-4-2;1-2-3-7-8(4,5)6/h3-14H2,1-2H3;2H,1,3H2,(H,4,5,6). The van der Waals surface area contributed by atoms with E-state index in [1.165, 1.54) is 83.1 Å². The summed E-state index contributed by atoms with van der Waals surface area (Å²) >= 11 is 0. The Bertz CT molecular complexity index is 301. The van der Waals surface area contributed by atoms with Crippen molar-refractivity contribution in [2.45, 2.75) is 90.9 Å². The van der Waals surface area contributed by atoms with Gasteiger partial charge in [-0.05, 0) is 0 Å². The monoisotopic (exact) mass is 336 g/mol. The van der Waals surface area contributed by atoms with Crippen LogP contribution in [0.2, 0.25) is 0 Å². The largest absolute Gasteiger partial charge is 0.397 e. The molecular formula is C17H36O4S. The van der Waals surface area contributed by atoms with Gasteiger partial charge in [0, 0.05) is 0 Å². The molecule has 0 rings (SSSR count). The van der Waals surface area contributed by atoms with E-state index in [2.05, 4.69) is 24.6 Å². The second-order valence-corrected chi connectivity index (χ2v) is 6.63. The van der Waals surface area contributed by atoms with Crippen molar-refractivity contribution in [1.82, 2.24) is 0 Å². The van der Waals surface area contributed by atoms with Crippen molar-refractivity contribution in [3.8, 4) is 0 Å². The van der Waals surface area contributed by atoms with Crippen LogP contribution in [0.1, 0.15) is 90.9 Å². The zero-order valence-corrected chi connectivity index (χ0v) is 15.4. The lowest BCUT2D eigenvalue weighted by Gasteiger charge is -2.01. The summed E-state index contributed by atoms with van der Waals surface area (Å²) in [4.78, 5) is 0. The van der Waals surface area contributed by atoms with Crippen molar-refractivity contribution >= 4 is 10.4 Å². The van der Waals surface area contributed by atoms with Gasteiger partial charge in [-0.1, -0.05) is 97.0 Å². The predicted molar refractivity (Wildman–Crippen MR) is 94.4 cm³/mol. The molecule has 22 heavy (non-hydrogen) atoms. The van der Waals surface area contributed by atoms with Crippen molar-refractivity contribution in [2.75, 3.05) is 6.61 Å². The molecule has 4 nitrogen and oxygen atoms in total. The lowest BCUT2D eigenvalue weighted by molar-refractivity contribution is 0.296. The topological polar surface area (TPSA) is 63.6 Å². The maximum absolute atomic E-state index is 9.68. The van der Waals surface area contributed by atoms with Gasteiger partial charge in [0.2, 0.25) is 0 Å². The molecule has 0 bridgehead atoms. The minimum absolute atomic E-state index is 0.196. The smallest absolute Gasteiger partial charge is 0.264 e. The molecule has 0 amide bonds. The summed E-state index contributed by atoms with van der Waals surface area (Å²) in [5.74, 6) is 0. The Morgan fingerprint density at radius 1 is 0.818 bits per heavy atom. The Morgan fingerprint density at radius 3 is 1.32 bits per heavy atom. The first kappa shape index (κ1) is 23.9. The van der Waals surface area contributed by atoms with Gasteiger partial charge in [-0.25, -0.2) is 4.18 Å². The maximum atomic E-state index is 9.68. The molecule has 0 saturated carbocycles. The lowest BCUT2D eigenvalue weighted by Crippen LogP contribution is -2.02. The second-order valence-electron chi connectivity index (χ2n) is 5.54. The van der Waals surface area contributed by atoms with Crippen LogP contribution in [0.3, 0.4) is 0 Å². The summed E-state index contributed by atoms with van der Waals surface area (Å²) in [6.07, 6.45) is 18.6. The highest BCUT2D eigenvalue weighted by Gasteiger charge is 1.99. The Balaban J connectivity index is 0. The molecule has 0 radical (unpaired) electrons. The molecule has 0 fully saturated rings. The van der Waals surface area contributed by atoms with Crippen LogP contribution in [0.25, 0.3) is 0 Å². The zero-order chi connectivity index (χ0) is 17.1. The van der Waals surface area contributed by atoms with E-state index in [1.807, 2.05) is 0 Å². The van der Waals surface area contributed by atoms with Crippen LogP contribution in [-0.2, 0) is 14.6 Å². The van der Waals surface area contributed by atoms with Crippen LogP contribution in [0, 0.1) is 0 Å². The van der Waals surface area contributed by atoms with E-state index in [-0.39, 0.29) is 6.61 Å². The van der Waals surface area contributed by atoms with Crippen LogP contribution < -0.4 is 0 Å². The van der Waals surface area contributed by atoms with Crippen LogP contribution in [0.15, 0.2) is 12.7 Å². The first-order chi connectivity index (χ1) is 10.5. The van der Waals surface area contributed by atoms with Gasteiger partial charge in [-0.2, -0.15) is 8.42 Å². The molecule has 0 aliphatic carbocycles. The van der Waals surface area contributed by atoms with Crippen molar-refractivity contribution < 1.29 is 17.2 Å². The average Bonchev–Trinajstić information content (AvgIpc) is 2.47. The fraction of sp³-hybridized carbons (Fsp3) is 0.882. The van der Waals surface area contributed by atoms with Crippen LogP contribution in [-0.4, -0.2) is 19.6 Å². The molecule has 0 atom stereocenters. The third-order valence-corrected chi connectivity index (χ3v) is 3.73. The molecule has 0 aromatic rings. The van der Waals surface area contributed by atoms with Gasteiger partial charge in [-0.15, -0.1) is 6.58 Å². The minimum atomic E-state index is -4.26. The summed E-state index contributed by atoms with van der Waals surface area (Å²) in [5, 5.41) is 0. The lowest BCUT2D eigenvalue weighted by atomic mass is 10.1. The fourth-order valence-electron chi connectivity index (χ4n) is 2.05. The molecule has 1 N–H and O–H groups in total. The summed E-state index contributed by atoms with van der Waals surface area (Å²) in [6.45, 7) is 7.54. The first-order valence-electron chi connectivity index (χ1n) is 8.70. The van der Waals surface area contributed by atoms with E-state index in [0.717, 1.165) is 0 Å². The van der Waals surface area contributed by atoms with E-state index in [4.69, 9.17) is 4.55 Å². The van der Waals surface area contributed by atoms with E-state index >= 15 is 0 Å². The van der Waals surface area contributed by atoms with E-state index in [1.54, 1.807) is 0 Å². The molecular weight excluding hydrogens is 300 g/mol. The Hall–Kier alpha value is -0.390. The molecule has 0 aromatic heterocycles. The predicted octanol–water partition coefficient (Wildman–Crippen LogP) is 5.70.